The normalized spacial score (nSPS) is 20.5. The van der Waals surface area contributed by atoms with Gasteiger partial charge in [-0.05, 0) is 68.5 Å². The molecule has 5 nitrogen and oxygen atoms in total. The molecule has 26 heavy (non-hydrogen) atoms. The third-order valence-electron chi connectivity index (χ3n) is 5.62. The second kappa shape index (κ2) is 9.38. The molecule has 2 N–H and O–H groups in total. The van der Waals surface area contributed by atoms with Crippen molar-refractivity contribution in [3.8, 4) is 5.75 Å². The number of nitrogens with one attached hydrogen (secondary N) is 2. The van der Waals surface area contributed by atoms with Crippen LogP contribution in [0.3, 0.4) is 0 Å². The van der Waals surface area contributed by atoms with Crippen LogP contribution in [-0.4, -0.2) is 38.3 Å². The molecular formula is C21H32N2O3. The third-order valence-corrected chi connectivity index (χ3v) is 5.62. The Bertz CT molecular complexity index is 593. The van der Waals surface area contributed by atoms with E-state index in [9.17, 15) is 4.79 Å². The summed E-state index contributed by atoms with van der Waals surface area (Å²) in [6.07, 6.45) is 5.04. The highest BCUT2D eigenvalue weighted by Crippen LogP contribution is 2.27. The van der Waals surface area contributed by atoms with Crippen LogP contribution in [0.2, 0.25) is 0 Å². The number of anilines is 1. The molecule has 2 fully saturated rings. The van der Waals surface area contributed by atoms with Crippen LogP contribution >= 0.6 is 0 Å². The summed E-state index contributed by atoms with van der Waals surface area (Å²) < 4.78 is 11.5. The van der Waals surface area contributed by atoms with Gasteiger partial charge in [0.25, 0.3) is 0 Å². The van der Waals surface area contributed by atoms with Crippen LogP contribution in [0.1, 0.15) is 44.6 Å². The molecule has 0 saturated carbocycles. The van der Waals surface area contributed by atoms with E-state index in [0.717, 1.165) is 56.1 Å². The summed E-state index contributed by atoms with van der Waals surface area (Å²) in [5.74, 6) is 2.08. The van der Waals surface area contributed by atoms with Gasteiger partial charge in [0.2, 0.25) is 5.91 Å². The van der Waals surface area contributed by atoms with Gasteiger partial charge in [0.05, 0.1) is 13.2 Å². The van der Waals surface area contributed by atoms with Gasteiger partial charge in [0.1, 0.15) is 11.9 Å². The lowest BCUT2D eigenvalue weighted by Crippen LogP contribution is -2.32. The van der Waals surface area contributed by atoms with Crippen molar-refractivity contribution in [1.29, 1.82) is 0 Å². The summed E-state index contributed by atoms with van der Waals surface area (Å²) in [4.78, 5) is 12.4. The summed E-state index contributed by atoms with van der Waals surface area (Å²) in [5, 5.41) is 6.44. The fourth-order valence-electron chi connectivity index (χ4n) is 3.92. The predicted molar refractivity (Wildman–Crippen MR) is 104 cm³/mol. The van der Waals surface area contributed by atoms with Gasteiger partial charge in [-0.2, -0.15) is 0 Å². The van der Waals surface area contributed by atoms with Crippen LogP contribution in [0, 0.1) is 18.8 Å². The van der Waals surface area contributed by atoms with E-state index in [4.69, 9.17) is 9.47 Å². The Kier molecular flexibility index (Phi) is 6.92. The Morgan fingerprint density at radius 3 is 2.69 bits per heavy atom. The minimum absolute atomic E-state index is 0.105. The van der Waals surface area contributed by atoms with Crippen molar-refractivity contribution in [2.24, 2.45) is 11.8 Å². The molecule has 1 aromatic carbocycles. The van der Waals surface area contributed by atoms with Gasteiger partial charge in [-0.25, -0.2) is 0 Å². The standard InChI is InChI=1S/C21H32N2O3/c1-15(17-5-9-22-10-6-17)14-21(24)23-18-3-4-20(16(2)13-18)26-19-7-11-25-12-8-19/h3-4,13,15,17,19,22H,5-12,14H2,1-2H3,(H,23,24). The molecule has 2 saturated heterocycles. The van der Waals surface area contributed by atoms with Gasteiger partial charge < -0.3 is 20.1 Å². The first-order valence-corrected chi connectivity index (χ1v) is 9.97. The van der Waals surface area contributed by atoms with Crippen LogP contribution < -0.4 is 15.4 Å². The van der Waals surface area contributed by atoms with E-state index in [1.54, 1.807) is 0 Å². The number of ether oxygens (including phenoxy) is 2. The number of hydrogen-bond donors (Lipinski definition) is 2. The van der Waals surface area contributed by atoms with Gasteiger partial charge in [-0.3, -0.25) is 4.79 Å². The highest BCUT2D eigenvalue weighted by atomic mass is 16.5. The van der Waals surface area contributed by atoms with Gasteiger partial charge in [0.15, 0.2) is 0 Å². The summed E-state index contributed by atoms with van der Waals surface area (Å²) in [6, 6.07) is 5.91. The molecule has 3 rings (SSSR count). The smallest absolute Gasteiger partial charge is 0.224 e. The number of hydrogen-bond acceptors (Lipinski definition) is 4. The van der Waals surface area contributed by atoms with Gasteiger partial charge in [-0.1, -0.05) is 6.92 Å². The van der Waals surface area contributed by atoms with Crippen LogP contribution in [0.15, 0.2) is 18.2 Å². The molecule has 144 valence electrons. The first-order valence-electron chi connectivity index (χ1n) is 9.97. The molecule has 1 atom stereocenters. The fourth-order valence-corrected chi connectivity index (χ4v) is 3.92. The molecule has 0 bridgehead atoms. The van der Waals surface area contributed by atoms with Crippen molar-refractivity contribution in [2.45, 2.75) is 52.1 Å². The lowest BCUT2D eigenvalue weighted by Gasteiger charge is -2.28. The van der Waals surface area contributed by atoms with Crippen molar-refractivity contribution >= 4 is 11.6 Å². The number of amides is 1. The van der Waals surface area contributed by atoms with Crippen molar-refractivity contribution < 1.29 is 14.3 Å². The molecule has 2 heterocycles. The fraction of sp³-hybridized carbons (Fsp3) is 0.667. The zero-order valence-electron chi connectivity index (χ0n) is 16.1. The van der Waals surface area contributed by atoms with Crippen molar-refractivity contribution in [3.05, 3.63) is 23.8 Å². The Morgan fingerprint density at radius 1 is 1.27 bits per heavy atom. The summed E-state index contributed by atoms with van der Waals surface area (Å²) in [5.41, 5.74) is 1.91. The van der Waals surface area contributed by atoms with Gasteiger partial charge in [0, 0.05) is 24.9 Å². The molecule has 0 radical (unpaired) electrons. The van der Waals surface area contributed by atoms with Crippen LogP contribution in [-0.2, 0) is 9.53 Å². The number of aryl methyl sites for hydroxylation is 1. The maximum absolute atomic E-state index is 12.4. The second-order valence-corrected chi connectivity index (χ2v) is 7.73. The zero-order valence-corrected chi connectivity index (χ0v) is 16.1. The SMILES string of the molecule is Cc1cc(NC(=O)CC(C)C2CCNCC2)ccc1OC1CCOCC1. The van der Waals surface area contributed by atoms with E-state index < -0.39 is 0 Å². The molecule has 2 aliphatic rings. The van der Waals surface area contributed by atoms with Crippen molar-refractivity contribution in [3.63, 3.8) is 0 Å². The Morgan fingerprint density at radius 2 is 2.00 bits per heavy atom. The average Bonchev–Trinajstić information content (AvgIpc) is 2.65. The first-order chi connectivity index (χ1) is 12.6. The summed E-state index contributed by atoms with van der Waals surface area (Å²) in [6.45, 7) is 7.92. The Labute approximate surface area is 156 Å². The minimum atomic E-state index is 0.105. The van der Waals surface area contributed by atoms with E-state index in [1.165, 1.54) is 12.8 Å². The van der Waals surface area contributed by atoms with E-state index in [2.05, 4.69) is 17.6 Å². The first kappa shape index (κ1) is 19.2. The number of benzene rings is 1. The molecule has 2 aliphatic heterocycles. The lowest BCUT2D eigenvalue weighted by atomic mass is 9.84. The van der Waals surface area contributed by atoms with Crippen LogP contribution in [0.4, 0.5) is 5.69 Å². The maximum atomic E-state index is 12.4. The topological polar surface area (TPSA) is 59.6 Å². The van der Waals surface area contributed by atoms with Crippen LogP contribution in [0.5, 0.6) is 5.75 Å². The highest BCUT2D eigenvalue weighted by molar-refractivity contribution is 5.91. The molecule has 0 aromatic heterocycles. The van der Waals surface area contributed by atoms with Crippen molar-refractivity contribution in [2.75, 3.05) is 31.6 Å². The molecule has 1 aromatic rings. The lowest BCUT2D eigenvalue weighted by molar-refractivity contribution is -0.117. The summed E-state index contributed by atoms with van der Waals surface area (Å²) in [7, 11) is 0. The Hall–Kier alpha value is -1.59. The molecule has 5 heteroatoms. The number of carbonyl (C=O) groups is 1. The maximum Gasteiger partial charge on any atom is 0.224 e. The Balaban J connectivity index is 1.50. The monoisotopic (exact) mass is 360 g/mol. The molecule has 1 unspecified atom stereocenters. The van der Waals surface area contributed by atoms with E-state index in [0.29, 0.717) is 18.3 Å². The van der Waals surface area contributed by atoms with Gasteiger partial charge in [-0.15, -0.1) is 0 Å². The van der Waals surface area contributed by atoms with E-state index >= 15 is 0 Å². The number of piperidine rings is 1. The molecule has 1 amide bonds. The quantitative estimate of drug-likeness (QED) is 0.815. The minimum Gasteiger partial charge on any atom is -0.490 e. The molecular weight excluding hydrogens is 328 g/mol. The number of rotatable bonds is 6. The number of carbonyl (C=O) groups excluding carboxylic acids is 1. The summed E-state index contributed by atoms with van der Waals surface area (Å²) >= 11 is 0. The second-order valence-electron chi connectivity index (χ2n) is 7.73. The third kappa shape index (κ3) is 5.45. The molecule has 0 aliphatic carbocycles. The van der Waals surface area contributed by atoms with E-state index in [1.807, 2.05) is 25.1 Å². The highest BCUT2D eigenvalue weighted by Gasteiger charge is 2.22. The zero-order chi connectivity index (χ0) is 18.4. The van der Waals surface area contributed by atoms with E-state index in [-0.39, 0.29) is 12.0 Å². The van der Waals surface area contributed by atoms with Crippen LogP contribution in [0.25, 0.3) is 0 Å². The van der Waals surface area contributed by atoms with Gasteiger partial charge >= 0.3 is 0 Å². The largest absolute Gasteiger partial charge is 0.490 e. The molecule has 0 spiro atoms. The average molecular weight is 360 g/mol. The predicted octanol–water partition coefficient (Wildman–Crippen LogP) is 3.52. The van der Waals surface area contributed by atoms with Crippen molar-refractivity contribution in [1.82, 2.24) is 5.32 Å².